The molecule has 2 amide bonds. The van der Waals surface area contributed by atoms with Crippen LogP contribution in [0.15, 0.2) is 60.9 Å². The molecule has 0 radical (unpaired) electrons. The zero-order chi connectivity index (χ0) is 22.9. The number of carbonyl (C=O) groups excluding carboxylic acids is 2. The predicted molar refractivity (Wildman–Crippen MR) is 122 cm³/mol. The van der Waals surface area contributed by atoms with Crippen molar-refractivity contribution >= 4 is 11.8 Å². The lowest BCUT2D eigenvalue weighted by Crippen LogP contribution is -2.50. The molecule has 0 saturated carbocycles. The van der Waals surface area contributed by atoms with Crippen LogP contribution in [-0.4, -0.2) is 42.5 Å². The molecule has 168 valence electrons. The number of amides is 2. The smallest absolute Gasteiger partial charge is 0.254 e. The first-order valence-corrected chi connectivity index (χ1v) is 10.9. The van der Waals surface area contributed by atoms with Gasteiger partial charge in [-0.3, -0.25) is 14.6 Å². The van der Waals surface area contributed by atoms with Crippen LogP contribution in [0.25, 0.3) is 0 Å². The molecule has 1 aromatic heterocycles. The number of hydrogen-bond donors (Lipinski definition) is 1. The van der Waals surface area contributed by atoms with Crippen LogP contribution in [0.1, 0.15) is 44.6 Å². The van der Waals surface area contributed by atoms with E-state index in [1.807, 2.05) is 47.4 Å². The van der Waals surface area contributed by atoms with E-state index in [1.165, 1.54) is 0 Å². The van der Waals surface area contributed by atoms with E-state index in [4.69, 9.17) is 9.47 Å². The molecular weight excluding hydrogens is 418 g/mol. The molecule has 3 aromatic rings. The molecule has 3 heterocycles. The van der Waals surface area contributed by atoms with Gasteiger partial charge in [0.1, 0.15) is 0 Å². The molecule has 2 atom stereocenters. The lowest BCUT2D eigenvalue weighted by atomic mass is 9.75. The summed E-state index contributed by atoms with van der Waals surface area (Å²) in [7, 11) is 3.19. The Morgan fingerprint density at radius 2 is 1.88 bits per heavy atom. The van der Waals surface area contributed by atoms with Gasteiger partial charge >= 0.3 is 0 Å². The molecule has 2 aliphatic rings. The molecule has 2 aliphatic heterocycles. The summed E-state index contributed by atoms with van der Waals surface area (Å²) in [6.45, 7) is 0.900. The normalized spacial score (nSPS) is 18.6. The number of fused-ring (bicyclic) bond motifs is 4. The van der Waals surface area contributed by atoms with Gasteiger partial charge in [0, 0.05) is 31.0 Å². The molecule has 0 aliphatic carbocycles. The molecule has 0 fully saturated rings. The quantitative estimate of drug-likeness (QED) is 0.655. The predicted octanol–water partition coefficient (Wildman–Crippen LogP) is 3.25. The van der Waals surface area contributed by atoms with E-state index < -0.39 is 12.0 Å². The van der Waals surface area contributed by atoms with Crippen LogP contribution in [0.2, 0.25) is 0 Å². The molecule has 0 saturated heterocycles. The highest BCUT2D eigenvalue weighted by molar-refractivity contribution is 6.01. The minimum Gasteiger partial charge on any atom is -0.493 e. The summed E-state index contributed by atoms with van der Waals surface area (Å²) in [6.07, 6.45) is 4.12. The third-order valence-corrected chi connectivity index (χ3v) is 6.50. The van der Waals surface area contributed by atoms with Crippen LogP contribution in [0.5, 0.6) is 11.5 Å². The largest absolute Gasteiger partial charge is 0.493 e. The van der Waals surface area contributed by atoms with Gasteiger partial charge in [0.05, 0.1) is 26.2 Å². The number of ether oxygens (including phenoxy) is 2. The Morgan fingerprint density at radius 3 is 2.64 bits per heavy atom. The summed E-state index contributed by atoms with van der Waals surface area (Å²) in [6, 6.07) is 14.6. The highest BCUT2D eigenvalue weighted by atomic mass is 16.5. The summed E-state index contributed by atoms with van der Waals surface area (Å²) in [5, 5.41) is 3.07. The van der Waals surface area contributed by atoms with Gasteiger partial charge < -0.3 is 19.7 Å². The molecule has 1 N–H and O–H groups in total. The number of methoxy groups -OCH3 is 2. The fraction of sp³-hybridized carbons (Fsp3) is 0.269. The van der Waals surface area contributed by atoms with Gasteiger partial charge in [-0.2, -0.15) is 0 Å². The van der Waals surface area contributed by atoms with Gasteiger partial charge in [-0.15, -0.1) is 0 Å². The molecular formula is C26H25N3O4. The number of rotatable bonds is 5. The van der Waals surface area contributed by atoms with E-state index in [0.29, 0.717) is 36.6 Å². The summed E-state index contributed by atoms with van der Waals surface area (Å²) in [5.41, 5.74) is 4.22. The Morgan fingerprint density at radius 1 is 1.09 bits per heavy atom. The Labute approximate surface area is 192 Å². The molecule has 5 rings (SSSR count). The average Bonchev–Trinajstić information content (AvgIpc) is 2.87. The SMILES string of the molecule is COc1cc2c(cc1OC)[C@@H]1[C@@H](C(=O)NCc3cccnc3)c3ccccc3C(=O)N1CC2. The maximum absolute atomic E-state index is 13.7. The molecule has 0 unspecified atom stereocenters. The summed E-state index contributed by atoms with van der Waals surface area (Å²) < 4.78 is 11.0. The van der Waals surface area contributed by atoms with Crippen LogP contribution in [0, 0.1) is 0 Å². The zero-order valence-electron chi connectivity index (χ0n) is 18.6. The monoisotopic (exact) mass is 443 g/mol. The first kappa shape index (κ1) is 21.0. The van der Waals surface area contributed by atoms with Crippen molar-refractivity contribution in [1.29, 1.82) is 0 Å². The fourth-order valence-electron chi connectivity index (χ4n) is 4.94. The second-order valence-corrected chi connectivity index (χ2v) is 8.24. The number of benzene rings is 2. The van der Waals surface area contributed by atoms with Crippen molar-refractivity contribution < 1.29 is 19.1 Å². The highest BCUT2D eigenvalue weighted by Gasteiger charge is 2.46. The lowest BCUT2D eigenvalue weighted by Gasteiger charge is -2.45. The molecule has 0 spiro atoms. The molecule has 2 aromatic carbocycles. The van der Waals surface area contributed by atoms with Gasteiger partial charge in [0.2, 0.25) is 5.91 Å². The molecule has 7 heteroatoms. The highest BCUT2D eigenvalue weighted by Crippen LogP contribution is 2.48. The van der Waals surface area contributed by atoms with E-state index in [1.54, 1.807) is 32.7 Å². The molecule has 33 heavy (non-hydrogen) atoms. The van der Waals surface area contributed by atoms with Crippen LogP contribution in [-0.2, 0) is 17.8 Å². The van der Waals surface area contributed by atoms with E-state index >= 15 is 0 Å². The Hall–Kier alpha value is -3.87. The second kappa shape index (κ2) is 8.58. The van der Waals surface area contributed by atoms with Crippen LogP contribution < -0.4 is 14.8 Å². The van der Waals surface area contributed by atoms with Crippen molar-refractivity contribution in [2.24, 2.45) is 0 Å². The topological polar surface area (TPSA) is 80.8 Å². The Balaban J connectivity index is 1.59. The Kier molecular flexibility index (Phi) is 5.46. The third-order valence-electron chi connectivity index (χ3n) is 6.50. The fourth-order valence-corrected chi connectivity index (χ4v) is 4.94. The van der Waals surface area contributed by atoms with E-state index in [-0.39, 0.29) is 11.8 Å². The van der Waals surface area contributed by atoms with Crippen LogP contribution in [0.4, 0.5) is 0 Å². The number of aromatic nitrogens is 1. The molecule has 7 nitrogen and oxygen atoms in total. The van der Waals surface area contributed by atoms with Crippen molar-refractivity contribution in [2.45, 2.75) is 24.9 Å². The van der Waals surface area contributed by atoms with E-state index in [2.05, 4.69) is 10.3 Å². The van der Waals surface area contributed by atoms with Gasteiger partial charge in [-0.25, -0.2) is 0 Å². The standard InChI is InChI=1S/C26H25N3O4/c1-32-21-12-17-9-11-29-24(20(17)13-22(21)33-2)23(18-7-3-4-8-19(18)26(29)31)25(30)28-15-16-6-5-10-27-14-16/h3-8,10,12-14,23-24H,9,11,15H2,1-2H3,(H,28,30)/t23-,24+/m0/s1. The first-order valence-electron chi connectivity index (χ1n) is 10.9. The van der Waals surface area contributed by atoms with Crippen molar-refractivity contribution in [3.8, 4) is 11.5 Å². The molecule has 0 bridgehead atoms. The van der Waals surface area contributed by atoms with Gasteiger partial charge in [0.15, 0.2) is 11.5 Å². The maximum atomic E-state index is 13.7. The minimum atomic E-state index is -0.548. The van der Waals surface area contributed by atoms with Gasteiger partial charge in [0.25, 0.3) is 5.91 Å². The number of pyridine rings is 1. The van der Waals surface area contributed by atoms with Crippen molar-refractivity contribution in [3.63, 3.8) is 0 Å². The van der Waals surface area contributed by atoms with Crippen molar-refractivity contribution in [1.82, 2.24) is 15.2 Å². The number of hydrogen-bond acceptors (Lipinski definition) is 5. The van der Waals surface area contributed by atoms with Gasteiger partial charge in [-0.05, 0) is 52.9 Å². The number of nitrogens with one attached hydrogen (secondary N) is 1. The summed E-state index contributed by atoms with van der Waals surface area (Å²) in [5.74, 6) is 0.500. The van der Waals surface area contributed by atoms with E-state index in [0.717, 1.165) is 22.3 Å². The summed E-state index contributed by atoms with van der Waals surface area (Å²) in [4.78, 5) is 33.0. The summed E-state index contributed by atoms with van der Waals surface area (Å²) >= 11 is 0. The van der Waals surface area contributed by atoms with Crippen LogP contribution >= 0.6 is 0 Å². The van der Waals surface area contributed by atoms with Gasteiger partial charge in [-0.1, -0.05) is 24.3 Å². The average molecular weight is 444 g/mol. The minimum absolute atomic E-state index is 0.0488. The van der Waals surface area contributed by atoms with Crippen molar-refractivity contribution in [3.05, 3.63) is 88.7 Å². The zero-order valence-corrected chi connectivity index (χ0v) is 18.6. The first-order chi connectivity index (χ1) is 16.1. The Bertz CT molecular complexity index is 1210. The number of nitrogens with zero attached hydrogens (tertiary/aromatic N) is 2. The number of carbonyl (C=O) groups is 2. The lowest BCUT2D eigenvalue weighted by molar-refractivity contribution is -0.124. The van der Waals surface area contributed by atoms with E-state index in [9.17, 15) is 9.59 Å². The maximum Gasteiger partial charge on any atom is 0.254 e. The third kappa shape index (κ3) is 3.59. The van der Waals surface area contributed by atoms with Crippen LogP contribution in [0.3, 0.4) is 0 Å². The second-order valence-electron chi connectivity index (χ2n) is 8.24. The van der Waals surface area contributed by atoms with Crippen molar-refractivity contribution in [2.75, 3.05) is 20.8 Å².